The molecule has 0 heterocycles. The average Bonchev–Trinajstić information content (AvgIpc) is 3.06. The number of anilines is 1. The first-order valence-electron chi connectivity index (χ1n) is 14.7. The Labute approximate surface area is 258 Å². The van der Waals surface area contributed by atoms with E-state index in [-0.39, 0.29) is 24.4 Å². The van der Waals surface area contributed by atoms with E-state index in [1.807, 2.05) is 65.6 Å². The van der Waals surface area contributed by atoms with Crippen LogP contribution in [0.4, 0.5) is 10.5 Å². The van der Waals surface area contributed by atoms with E-state index in [9.17, 15) is 14.4 Å². The van der Waals surface area contributed by atoms with Crippen LogP contribution in [0.1, 0.15) is 45.1 Å². The smallest absolute Gasteiger partial charge is 0.337 e. The number of carbonyl (C=O) groups excluding carboxylic acids is 3. The molecule has 1 aliphatic rings. The summed E-state index contributed by atoms with van der Waals surface area (Å²) < 4.78 is 10.4. The van der Waals surface area contributed by atoms with Crippen LogP contribution in [-0.4, -0.2) is 43.6 Å². The van der Waals surface area contributed by atoms with Crippen molar-refractivity contribution in [2.75, 3.05) is 26.1 Å². The molecular formula is C36H37N3O5. The van der Waals surface area contributed by atoms with Crippen molar-refractivity contribution in [1.82, 2.24) is 10.2 Å². The molecule has 0 radical (unpaired) electrons. The molecule has 0 saturated carbocycles. The second kappa shape index (κ2) is 14.4. The highest BCUT2D eigenvalue weighted by atomic mass is 16.5. The summed E-state index contributed by atoms with van der Waals surface area (Å²) >= 11 is 0. The molecule has 0 aromatic heterocycles. The maximum atomic E-state index is 14.1. The minimum atomic E-state index is -0.547. The van der Waals surface area contributed by atoms with Gasteiger partial charge in [0.25, 0.3) is 0 Å². The second-order valence-electron chi connectivity index (χ2n) is 10.8. The van der Waals surface area contributed by atoms with Crippen LogP contribution >= 0.6 is 0 Å². The lowest BCUT2D eigenvalue weighted by Crippen LogP contribution is -2.46. The molecule has 8 heteroatoms. The molecule has 4 aromatic carbocycles. The number of fused-ring (bicyclic) bond motifs is 1. The zero-order valence-electron chi connectivity index (χ0n) is 25.0. The highest BCUT2D eigenvalue weighted by Gasteiger charge is 2.36. The number of hydrogen-bond acceptors (Lipinski definition) is 5. The van der Waals surface area contributed by atoms with Gasteiger partial charge in [-0.2, -0.15) is 0 Å². The zero-order chi connectivity index (χ0) is 30.9. The van der Waals surface area contributed by atoms with Crippen molar-refractivity contribution in [2.24, 2.45) is 5.92 Å². The molecule has 3 amide bonds. The van der Waals surface area contributed by atoms with Crippen LogP contribution in [0.2, 0.25) is 0 Å². The van der Waals surface area contributed by atoms with E-state index in [0.29, 0.717) is 17.8 Å². The zero-order valence-corrected chi connectivity index (χ0v) is 25.0. The lowest BCUT2D eigenvalue weighted by molar-refractivity contribution is -0.135. The van der Waals surface area contributed by atoms with Crippen molar-refractivity contribution in [3.8, 4) is 5.75 Å². The molecule has 0 fully saturated rings. The van der Waals surface area contributed by atoms with Crippen LogP contribution < -0.4 is 15.4 Å². The Morgan fingerprint density at radius 3 is 2.41 bits per heavy atom. The summed E-state index contributed by atoms with van der Waals surface area (Å²) in [6.45, 7) is 0.195. The molecule has 2 unspecified atom stereocenters. The molecule has 0 bridgehead atoms. The summed E-state index contributed by atoms with van der Waals surface area (Å²) in [6, 6.07) is 31.9. The molecule has 1 aliphatic carbocycles. The van der Waals surface area contributed by atoms with Crippen LogP contribution in [0.5, 0.6) is 5.75 Å². The number of nitrogens with one attached hydrogen (secondary N) is 2. The average molecular weight is 592 g/mol. The van der Waals surface area contributed by atoms with E-state index in [1.165, 1.54) is 18.7 Å². The minimum absolute atomic E-state index is 0.128. The number of rotatable bonds is 10. The molecule has 0 spiro atoms. The quantitative estimate of drug-likeness (QED) is 0.215. The second-order valence-corrected chi connectivity index (χ2v) is 10.8. The number of nitrogens with zero attached hydrogens (tertiary/aromatic N) is 1. The van der Waals surface area contributed by atoms with Crippen molar-refractivity contribution < 1.29 is 23.9 Å². The van der Waals surface area contributed by atoms with Gasteiger partial charge in [0.2, 0.25) is 5.91 Å². The van der Waals surface area contributed by atoms with E-state index in [1.54, 1.807) is 25.3 Å². The standard InChI is InChI=1S/C36H37N3O5/c1-43-32-18-9-7-14-27(32)21-28-20-19-26-13-6-8-17-31(26)34(28)39(24-25-11-4-3-5-12-25)33(40)23-37-36(42)38-30-16-10-15-29(22-30)35(41)44-2/h3-18,22,28,34H,19-21,23-24H2,1-2H3,(H2,37,38,42). The number of esters is 1. The summed E-state index contributed by atoms with van der Waals surface area (Å²) in [7, 11) is 2.98. The molecule has 5 rings (SSSR count). The van der Waals surface area contributed by atoms with E-state index in [2.05, 4.69) is 28.8 Å². The van der Waals surface area contributed by atoms with Crippen LogP contribution in [-0.2, 0) is 28.9 Å². The summed E-state index contributed by atoms with van der Waals surface area (Å²) in [5, 5.41) is 5.44. The predicted octanol–water partition coefficient (Wildman–Crippen LogP) is 6.18. The number of methoxy groups -OCH3 is 2. The molecule has 0 aliphatic heterocycles. The van der Waals surface area contributed by atoms with Gasteiger partial charge in [-0.15, -0.1) is 0 Å². The van der Waals surface area contributed by atoms with Crippen LogP contribution in [0.3, 0.4) is 0 Å². The van der Waals surface area contributed by atoms with E-state index in [0.717, 1.165) is 41.7 Å². The van der Waals surface area contributed by atoms with E-state index < -0.39 is 12.0 Å². The van der Waals surface area contributed by atoms with Crippen molar-refractivity contribution in [1.29, 1.82) is 0 Å². The van der Waals surface area contributed by atoms with Crippen molar-refractivity contribution in [3.63, 3.8) is 0 Å². The predicted molar refractivity (Wildman–Crippen MR) is 169 cm³/mol. The molecule has 4 aromatic rings. The Morgan fingerprint density at radius 2 is 1.61 bits per heavy atom. The number of ether oxygens (including phenoxy) is 2. The Morgan fingerprint density at radius 1 is 0.864 bits per heavy atom. The van der Waals surface area contributed by atoms with Crippen molar-refractivity contribution in [2.45, 2.75) is 31.8 Å². The van der Waals surface area contributed by atoms with Crippen LogP contribution in [0.25, 0.3) is 0 Å². The normalized spacial score (nSPS) is 15.4. The summed E-state index contributed by atoms with van der Waals surface area (Å²) in [5.41, 5.74) is 5.19. The van der Waals surface area contributed by atoms with Crippen LogP contribution in [0.15, 0.2) is 103 Å². The third kappa shape index (κ3) is 7.26. The van der Waals surface area contributed by atoms with Gasteiger partial charge in [-0.1, -0.05) is 78.9 Å². The number of urea groups is 1. The van der Waals surface area contributed by atoms with E-state index >= 15 is 0 Å². The largest absolute Gasteiger partial charge is 0.496 e. The van der Waals surface area contributed by atoms with E-state index in [4.69, 9.17) is 9.47 Å². The first kappa shape index (κ1) is 30.4. The fourth-order valence-corrected chi connectivity index (χ4v) is 5.99. The molecular weight excluding hydrogens is 554 g/mol. The lowest BCUT2D eigenvalue weighted by Gasteiger charge is -2.42. The third-order valence-corrected chi connectivity index (χ3v) is 8.07. The highest BCUT2D eigenvalue weighted by Crippen LogP contribution is 2.42. The SMILES string of the molecule is COC(=O)c1cccc(NC(=O)NCC(=O)N(Cc2ccccc2)C2c3ccccc3CCC2Cc2ccccc2OC)c1. The van der Waals surface area contributed by atoms with Gasteiger partial charge in [0, 0.05) is 12.2 Å². The molecule has 2 N–H and O–H groups in total. The fourth-order valence-electron chi connectivity index (χ4n) is 5.99. The van der Waals surface area contributed by atoms with Gasteiger partial charge in [-0.05, 0) is 71.7 Å². The maximum Gasteiger partial charge on any atom is 0.337 e. The van der Waals surface area contributed by atoms with Gasteiger partial charge >= 0.3 is 12.0 Å². The number of aryl methyl sites for hydroxylation is 1. The fraction of sp³-hybridized carbons (Fsp3) is 0.250. The van der Waals surface area contributed by atoms with Gasteiger partial charge in [0.05, 0.1) is 32.4 Å². The Kier molecular flexibility index (Phi) is 9.92. The topological polar surface area (TPSA) is 97.0 Å². The first-order valence-corrected chi connectivity index (χ1v) is 14.7. The Balaban J connectivity index is 1.41. The summed E-state index contributed by atoms with van der Waals surface area (Å²) in [4.78, 5) is 40.8. The van der Waals surface area contributed by atoms with Gasteiger partial charge in [-0.3, -0.25) is 4.79 Å². The summed E-state index contributed by atoms with van der Waals surface area (Å²) in [6.07, 6.45) is 2.57. The van der Waals surface area contributed by atoms with Crippen LogP contribution in [0, 0.1) is 5.92 Å². The number of hydrogen-bond donors (Lipinski definition) is 2. The lowest BCUT2D eigenvalue weighted by atomic mass is 9.76. The first-order chi connectivity index (χ1) is 21.5. The van der Waals surface area contributed by atoms with Crippen molar-refractivity contribution in [3.05, 3.63) is 131 Å². The maximum absolute atomic E-state index is 14.1. The van der Waals surface area contributed by atoms with Gasteiger partial charge in [-0.25, -0.2) is 9.59 Å². The third-order valence-electron chi connectivity index (χ3n) is 8.07. The molecule has 44 heavy (non-hydrogen) atoms. The molecule has 226 valence electrons. The molecule has 8 nitrogen and oxygen atoms in total. The minimum Gasteiger partial charge on any atom is -0.496 e. The molecule has 2 atom stereocenters. The number of benzene rings is 4. The summed E-state index contributed by atoms with van der Waals surface area (Å²) in [5.74, 6) is 0.264. The van der Waals surface area contributed by atoms with Gasteiger partial charge < -0.3 is 25.0 Å². The van der Waals surface area contributed by atoms with Crippen molar-refractivity contribution >= 4 is 23.6 Å². The van der Waals surface area contributed by atoms with Gasteiger partial charge in [0.15, 0.2) is 0 Å². The monoisotopic (exact) mass is 591 g/mol. The van der Waals surface area contributed by atoms with Gasteiger partial charge in [0.1, 0.15) is 5.75 Å². The number of carbonyl (C=O) groups is 3. The number of para-hydroxylation sites is 1. The highest BCUT2D eigenvalue weighted by molar-refractivity contribution is 5.95. The molecule has 0 saturated heterocycles. The Hall–Kier alpha value is -5.11. The number of amides is 3. The Bertz CT molecular complexity index is 1610.